The Morgan fingerprint density at radius 3 is 2.62 bits per heavy atom. The Morgan fingerprint density at radius 1 is 1.21 bits per heavy atom. The number of anilines is 1. The fraction of sp³-hybridized carbons (Fsp3) is 0.316. The minimum absolute atomic E-state index is 0.103. The van der Waals surface area contributed by atoms with Gasteiger partial charge in [0.25, 0.3) is 0 Å². The molecule has 0 radical (unpaired) electrons. The van der Waals surface area contributed by atoms with E-state index in [-0.39, 0.29) is 17.5 Å². The number of fused-ring (bicyclic) bond motifs is 1. The normalized spacial score (nSPS) is 15.7. The standard InChI is InChI=1S/C19H20FNO3/c1-23-17-9-12-7-8-13(14(12)11-18(17)24-2)10-19(22)21-16-6-4-3-5-15(16)20/h3-6,9,11,13H,7-8,10H2,1-2H3,(H,21,22). The largest absolute Gasteiger partial charge is 0.493 e. The highest BCUT2D eigenvalue weighted by molar-refractivity contribution is 5.91. The summed E-state index contributed by atoms with van der Waals surface area (Å²) in [6, 6.07) is 10.1. The molecule has 5 heteroatoms. The Morgan fingerprint density at radius 2 is 1.92 bits per heavy atom. The molecule has 0 fully saturated rings. The number of methoxy groups -OCH3 is 2. The molecule has 0 saturated heterocycles. The van der Waals surface area contributed by atoms with Crippen molar-refractivity contribution in [3.8, 4) is 11.5 Å². The molecule has 0 spiro atoms. The van der Waals surface area contributed by atoms with Gasteiger partial charge in [-0.1, -0.05) is 12.1 Å². The van der Waals surface area contributed by atoms with Crippen molar-refractivity contribution >= 4 is 11.6 Å². The number of carbonyl (C=O) groups excluding carboxylic acids is 1. The molecule has 1 aliphatic carbocycles. The Balaban J connectivity index is 1.74. The van der Waals surface area contributed by atoms with E-state index in [1.165, 1.54) is 11.6 Å². The lowest BCUT2D eigenvalue weighted by molar-refractivity contribution is -0.116. The first-order valence-corrected chi connectivity index (χ1v) is 7.91. The van der Waals surface area contributed by atoms with Crippen LogP contribution in [0.15, 0.2) is 36.4 Å². The maximum atomic E-state index is 13.6. The molecule has 1 aliphatic rings. The number of nitrogens with one attached hydrogen (secondary N) is 1. The molecule has 0 heterocycles. The summed E-state index contributed by atoms with van der Waals surface area (Å²) in [4.78, 5) is 12.3. The Labute approximate surface area is 140 Å². The van der Waals surface area contributed by atoms with Gasteiger partial charge in [0.1, 0.15) is 5.82 Å². The van der Waals surface area contributed by atoms with Gasteiger partial charge >= 0.3 is 0 Å². The SMILES string of the molecule is COc1cc2c(cc1OC)C(CC(=O)Nc1ccccc1F)CC2. The van der Waals surface area contributed by atoms with Gasteiger partial charge in [0.15, 0.2) is 11.5 Å². The van der Waals surface area contributed by atoms with Crippen molar-refractivity contribution in [2.75, 3.05) is 19.5 Å². The summed E-state index contributed by atoms with van der Waals surface area (Å²) in [5.41, 5.74) is 2.50. The van der Waals surface area contributed by atoms with E-state index in [9.17, 15) is 9.18 Å². The maximum absolute atomic E-state index is 13.6. The molecule has 2 aromatic rings. The summed E-state index contributed by atoms with van der Waals surface area (Å²) < 4.78 is 24.3. The van der Waals surface area contributed by atoms with Crippen LogP contribution in [0.25, 0.3) is 0 Å². The zero-order chi connectivity index (χ0) is 17.1. The number of amides is 1. The lowest BCUT2D eigenvalue weighted by Gasteiger charge is -2.15. The monoisotopic (exact) mass is 329 g/mol. The minimum Gasteiger partial charge on any atom is -0.493 e. The highest BCUT2D eigenvalue weighted by Gasteiger charge is 2.27. The molecule has 1 atom stereocenters. The second-order valence-corrected chi connectivity index (χ2v) is 5.87. The van der Waals surface area contributed by atoms with Crippen LogP contribution in [0.5, 0.6) is 11.5 Å². The van der Waals surface area contributed by atoms with Crippen molar-refractivity contribution < 1.29 is 18.7 Å². The molecule has 1 unspecified atom stereocenters. The third-order valence-corrected chi connectivity index (χ3v) is 4.43. The molecule has 0 bridgehead atoms. The summed E-state index contributed by atoms with van der Waals surface area (Å²) in [5.74, 6) is 0.855. The van der Waals surface area contributed by atoms with Gasteiger partial charge in [0, 0.05) is 6.42 Å². The molecule has 126 valence electrons. The number of halogens is 1. The highest BCUT2D eigenvalue weighted by Crippen LogP contribution is 2.41. The molecule has 0 saturated carbocycles. The Bertz CT molecular complexity index is 760. The molecular weight excluding hydrogens is 309 g/mol. The fourth-order valence-electron chi connectivity index (χ4n) is 3.22. The number of hydrogen-bond donors (Lipinski definition) is 1. The first-order valence-electron chi connectivity index (χ1n) is 7.91. The van der Waals surface area contributed by atoms with E-state index in [0.717, 1.165) is 18.4 Å². The van der Waals surface area contributed by atoms with E-state index in [4.69, 9.17) is 9.47 Å². The van der Waals surface area contributed by atoms with Crippen LogP contribution in [0.4, 0.5) is 10.1 Å². The number of hydrogen-bond acceptors (Lipinski definition) is 3. The van der Waals surface area contributed by atoms with Crippen LogP contribution in [0, 0.1) is 5.82 Å². The van der Waals surface area contributed by atoms with Gasteiger partial charge in [-0.05, 0) is 54.2 Å². The van der Waals surface area contributed by atoms with Gasteiger partial charge in [-0.3, -0.25) is 4.79 Å². The van der Waals surface area contributed by atoms with Crippen LogP contribution < -0.4 is 14.8 Å². The number of rotatable bonds is 5. The molecule has 1 amide bonds. The van der Waals surface area contributed by atoms with E-state index in [0.29, 0.717) is 17.9 Å². The van der Waals surface area contributed by atoms with Gasteiger partial charge in [-0.15, -0.1) is 0 Å². The first-order chi connectivity index (χ1) is 11.6. The average molecular weight is 329 g/mol. The van der Waals surface area contributed by atoms with Gasteiger partial charge < -0.3 is 14.8 Å². The summed E-state index contributed by atoms with van der Waals surface area (Å²) in [5, 5.41) is 2.65. The molecule has 4 nitrogen and oxygen atoms in total. The van der Waals surface area contributed by atoms with Crippen LogP contribution in [0.2, 0.25) is 0 Å². The van der Waals surface area contributed by atoms with Crippen molar-refractivity contribution in [1.82, 2.24) is 0 Å². The molecule has 24 heavy (non-hydrogen) atoms. The van der Waals surface area contributed by atoms with Gasteiger partial charge in [0.05, 0.1) is 19.9 Å². The van der Waals surface area contributed by atoms with Crippen molar-refractivity contribution in [3.63, 3.8) is 0 Å². The Hall–Kier alpha value is -2.56. The van der Waals surface area contributed by atoms with Crippen LogP contribution in [-0.2, 0) is 11.2 Å². The molecular formula is C19H20FNO3. The van der Waals surface area contributed by atoms with Crippen molar-refractivity contribution in [2.24, 2.45) is 0 Å². The number of para-hydroxylation sites is 1. The summed E-state index contributed by atoms with van der Waals surface area (Å²) in [7, 11) is 3.21. The maximum Gasteiger partial charge on any atom is 0.225 e. The zero-order valence-electron chi connectivity index (χ0n) is 13.8. The van der Waals surface area contributed by atoms with Gasteiger partial charge in [-0.2, -0.15) is 0 Å². The lowest BCUT2D eigenvalue weighted by atomic mass is 9.97. The van der Waals surface area contributed by atoms with Crippen molar-refractivity contribution in [1.29, 1.82) is 0 Å². The summed E-state index contributed by atoms with van der Waals surface area (Å²) in [6.07, 6.45) is 2.10. The molecule has 0 aliphatic heterocycles. The van der Waals surface area contributed by atoms with E-state index in [2.05, 4.69) is 5.32 Å². The molecule has 0 aromatic heterocycles. The quantitative estimate of drug-likeness (QED) is 0.905. The Kier molecular flexibility index (Phi) is 4.69. The number of aryl methyl sites for hydroxylation is 1. The molecule has 3 rings (SSSR count). The third-order valence-electron chi connectivity index (χ3n) is 4.43. The van der Waals surface area contributed by atoms with Crippen LogP contribution in [0.1, 0.15) is 29.9 Å². The zero-order valence-corrected chi connectivity index (χ0v) is 13.8. The minimum atomic E-state index is -0.427. The highest BCUT2D eigenvalue weighted by atomic mass is 19.1. The molecule has 1 N–H and O–H groups in total. The second kappa shape index (κ2) is 6.91. The summed E-state index contributed by atoms with van der Waals surface area (Å²) >= 11 is 0. The summed E-state index contributed by atoms with van der Waals surface area (Å²) in [6.45, 7) is 0. The van der Waals surface area contributed by atoms with Gasteiger partial charge in [0.2, 0.25) is 5.91 Å². The predicted octanol–water partition coefficient (Wildman–Crippen LogP) is 3.90. The first kappa shape index (κ1) is 16.3. The smallest absolute Gasteiger partial charge is 0.225 e. The fourth-order valence-corrected chi connectivity index (χ4v) is 3.22. The van der Waals surface area contributed by atoms with E-state index in [1.807, 2.05) is 12.1 Å². The number of carbonyl (C=O) groups is 1. The lowest BCUT2D eigenvalue weighted by Crippen LogP contribution is -2.15. The predicted molar refractivity (Wildman–Crippen MR) is 90.3 cm³/mol. The van der Waals surface area contributed by atoms with E-state index < -0.39 is 5.82 Å². The van der Waals surface area contributed by atoms with Crippen LogP contribution >= 0.6 is 0 Å². The van der Waals surface area contributed by atoms with Crippen LogP contribution in [0.3, 0.4) is 0 Å². The van der Waals surface area contributed by atoms with Crippen molar-refractivity contribution in [2.45, 2.75) is 25.2 Å². The average Bonchev–Trinajstić information content (AvgIpc) is 2.97. The number of ether oxygens (including phenoxy) is 2. The number of benzene rings is 2. The van der Waals surface area contributed by atoms with Crippen molar-refractivity contribution in [3.05, 3.63) is 53.3 Å². The second-order valence-electron chi connectivity index (χ2n) is 5.87. The van der Waals surface area contributed by atoms with E-state index >= 15 is 0 Å². The molecule has 2 aromatic carbocycles. The van der Waals surface area contributed by atoms with E-state index in [1.54, 1.807) is 32.4 Å². The topological polar surface area (TPSA) is 47.6 Å². The third kappa shape index (κ3) is 3.20. The van der Waals surface area contributed by atoms with Crippen LogP contribution in [-0.4, -0.2) is 20.1 Å². The van der Waals surface area contributed by atoms with Gasteiger partial charge in [-0.25, -0.2) is 4.39 Å².